The largest absolute Gasteiger partial charge is 0.377 e. The summed E-state index contributed by atoms with van der Waals surface area (Å²) >= 11 is 0. The SMILES string of the molecule is CC1(C)COCCN1c1cc(F)cc(CN)c1. The van der Waals surface area contributed by atoms with Crippen molar-refractivity contribution in [3.8, 4) is 0 Å². The van der Waals surface area contributed by atoms with Crippen molar-refractivity contribution < 1.29 is 9.13 Å². The molecule has 17 heavy (non-hydrogen) atoms. The molecule has 1 aromatic carbocycles. The quantitative estimate of drug-likeness (QED) is 0.855. The van der Waals surface area contributed by atoms with Crippen molar-refractivity contribution in [1.82, 2.24) is 0 Å². The topological polar surface area (TPSA) is 38.5 Å². The van der Waals surface area contributed by atoms with E-state index in [4.69, 9.17) is 10.5 Å². The monoisotopic (exact) mass is 238 g/mol. The highest BCUT2D eigenvalue weighted by molar-refractivity contribution is 5.51. The van der Waals surface area contributed by atoms with Crippen LogP contribution in [0.25, 0.3) is 0 Å². The minimum absolute atomic E-state index is 0.113. The fourth-order valence-electron chi connectivity index (χ4n) is 2.24. The first-order valence-electron chi connectivity index (χ1n) is 5.88. The van der Waals surface area contributed by atoms with E-state index in [0.717, 1.165) is 17.8 Å². The first-order valence-corrected chi connectivity index (χ1v) is 5.88. The van der Waals surface area contributed by atoms with Gasteiger partial charge in [-0.05, 0) is 37.6 Å². The van der Waals surface area contributed by atoms with Crippen molar-refractivity contribution in [2.24, 2.45) is 5.73 Å². The van der Waals surface area contributed by atoms with Crippen molar-refractivity contribution in [1.29, 1.82) is 0 Å². The third-order valence-electron chi connectivity index (χ3n) is 3.13. The number of halogens is 1. The van der Waals surface area contributed by atoms with Crippen LogP contribution in [0.3, 0.4) is 0 Å². The van der Waals surface area contributed by atoms with Crippen molar-refractivity contribution in [3.63, 3.8) is 0 Å². The Morgan fingerprint density at radius 3 is 2.82 bits per heavy atom. The molecule has 0 bridgehead atoms. The van der Waals surface area contributed by atoms with Crippen molar-refractivity contribution >= 4 is 5.69 Å². The van der Waals surface area contributed by atoms with E-state index in [9.17, 15) is 4.39 Å². The number of hydrogen-bond acceptors (Lipinski definition) is 3. The minimum Gasteiger partial charge on any atom is -0.377 e. The molecule has 3 nitrogen and oxygen atoms in total. The van der Waals surface area contributed by atoms with Gasteiger partial charge in [0.05, 0.1) is 18.8 Å². The standard InChI is InChI=1S/C13H19FN2O/c1-13(2)9-17-4-3-16(13)12-6-10(8-15)5-11(14)7-12/h5-7H,3-4,8-9,15H2,1-2H3. The summed E-state index contributed by atoms with van der Waals surface area (Å²) in [6.07, 6.45) is 0. The molecule has 1 aromatic rings. The van der Waals surface area contributed by atoms with Crippen LogP contribution in [-0.4, -0.2) is 25.3 Å². The van der Waals surface area contributed by atoms with Crippen molar-refractivity contribution in [2.75, 3.05) is 24.7 Å². The van der Waals surface area contributed by atoms with Gasteiger partial charge in [-0.1, -0.05) is 0 Å². The van der Waals surface area contributed by atoms with E-state index in [-0.39, 0.29) is 11.4 Å². The van der Waals surface area contributed by atoms with Gasteiger partial charge in [0.15, 0.2) is 0 Å². The van der Waals surface area contributed by atoms with E-state index in [1.54, 1.807) is 6.07 Å². The Morgan fingerprint density at radius 1 is 1.41 bits per heavy atom. The molecular formula is C13H19FN2O. The van der Waals surface area contributed by atoms with Gasteiger partial charge in [-0.15, -0.1) is 0 Å². The molecule has 2 N–H and O–H groups in total. The zero-order valence-electron chi connectivity index (χ0n) is 10.4. The van der Waals surface area contributed by atoms with E-state index in [1.165, 1.54) is 6.07 Å². The van der Waals surface area contributed by atoms with Gasteiger partial charge >= 0.3 is 0 Å². The van der Waals surface area contributed by atoms with Crippen LogP contribution in [0.1, 0.15) is 19.4 Å². The summed E-state index contributed by atoms with van der Waals surface area (Å²) in [6, 6.07) is 5.00. The van der Waals surface area contributed by atoms with Gasteiger partial charge in [0, 0.05) is 18.8 Å². The molecule has 1 saturated heterocycles. The fourth-order valence-corrected chi connectivity index (χ4v) is 2.24. The third kappa shape index (κ3) is 2.58. The number of anilines is 1. The molecule has 0 amide bonds. The molecule has 0 radical (unpaired) electrons. The van der Waals surface area contributed by atoms with Crippen molar-refractivity contribution in [2.45, 2.75) is 25.9 Å². The minimum atomic E-state index is -0.231. The highest BCUT2D eigenvalue weighted by Gasteiger charge is 2.30. The van der Waals surface area contributed by atoms with Crippen LogP contribution in [0.2, 0.25) is 0 Å². The number of rotatable bonds is 2. The maximum atomic E-state index is 13.5. The summed E-state index contributed by atoms with van der Waals surface area (Å²) in [4.78, 5) is 2.18. The molecule has 0 spiro atoms. The number of morpholine rings is 1. The molecule has 4 heteroatoms. The Balaban J connectivity index is 2.35. The second-order valence-corrected chi connectivity index (χ2v) is 5.04. The Bertz CT molecular complexity index is 406. The molecule has 1 aliphatic rings. The summed E-state index contributed by atoms with van der Waals surface area (Å²) in [5.74, 6) is -0.231. The molecule has 0 unspecified atom stereocenters. The van der Waals surface area contributed by atoms with Crippen LogP contribution in [-0.2, 0) is 11.3 Å². The zero-order chi connectivity index (χ0) is 12.5. The van der Waals surface area contributed by atoms with Crippen LogP contribution < -0.4 is 10.6 Å². The van der Waals surface area contributed by atoms with Gasteiger partial charge in [-0.3, -0.25) is 0 Å². The van der Waals surface area contributed by atoms with Crippen LogP contribution >= 0.6 is 0 Å². The summed E-state index contributed by atoms with van der Waals surface area (Å²) in [6.45, 7) is 6.66. The van der Waals surface area contributed by atoms with Gasteiger partial charge in [0.1, 0.15) is 5.82 Å². The average molecular weight is 238 g/mol. The molecule has 1 heterocycles. The number of nitrogens with zero attached hydrogens (tertiary/aromatic N) is 1. The smallest absolute Gasteiger partial charge is 0.125 e. The first kappa shape index (κ1) is 12.3. The van der Waals surface area contributed by atoms with E-state index >= 15 is 0 Å². The number of nitrogens with two attached hydrogens (primary N) is 1. The normalized spacial score (nSPS) is 19.4. The molecule has 1 fully saturated rings. The van der Waals surface area contributed by atoms with Gasteiger partial charge < -0.3 is 15.4 Å². The molecule has 94 valence electrons. The van der Waals surface area contributed by atoms with Gasteiger partial charge in [-0.2, -0.15) is 0 Å². The molecule has 1 aliphatic heterocycles. The van der Waals surface area contributed by atoms with Crippen LogP contribution in [0.4, 0.5) is 10.1 Å². The van der Waals surface area contributed by atoms with E-state index in [0.29, 0.717) is 19.8 Å². The van der Waals surface area contributed by atoms with E-state index in [2.05, 4.69) is 18.7 Å². The summed E-state index contributed by atoms with van der Waals surface area (Å²) < 4.78 is 19.0. The van der Waals surface area contributed by atoms with Crippen molar-refractivity contribution in [3.05, 3.63) is 29.6 Å². The lowest BCUT2D eigenvalue weighted by Crippen LogP contribution is -2.53. The molecule has 0 atom stereocenters. The second kappa shape index (κ2) is 4.63. The van der Waals surface area contributed by atoms with E-state index < -0.39 is 0 Å². The lowest BCUT2D eigenvalue weighted by atomic mass is 10.0. The number of hydrogen-bond donors (Lipinski definition) is 1. The van der Waals surface area contributed by atoms with Gasteiger partial charge in [0.25, 0.3) is 0 Å². The Kier molecular flexibility index (Phi) is 3.35. The lowest BCUT2D eigenvalue weighted by molar-refractivity contribution is 0.0643. The Morgan fingerprint density at radius 2 is 2.18 bits per heavy atom. The maximum Gasteiger partial charge on any atom is 0.125 e. The Hall–Kier alpha value is -1.13. The van der Waals surface area contributed by atoms with Crippen LogP contribution in [0.15, 0.2) is 18.2 Å². The summed E-state index contributed by atoms with van der Waals surface area (Å²) in [7, 11) is 0. The highest BCUT2D eigenvalue weighted by atomic mass is 19.1. The lowest BCUT2D eigenvalue weighted by Gasteiger charge is -2.44. The van der Waals surface area contributed by atoms with E-state index in [1.807, 2.05) is 6.07 Å². The Labute approximate surface area is 101 Å². The number of benzene rings is 1. The predicted molar refractivity (Wildman–Crippen MR) is 66.5 cm³/mol. The molecular weight excluding hydrogens is 219 g/mol. The fraction of sp³-hybridized carbons (Fsp3) is 0.538. The zero-order valence-corrected chi connectivity index (χ0v) is 10.4. The highest BCUT2D eigenvalue weighted by Crippen LogP contribution is 2.28. The third-order valence-corrected chi connectivity index (χ3v) is 3.13. The average Bonchev–Trinajstić information content (AvgIpc) is 2.27. The maximum absolute atomic E-state index is 13.5. The van der Waals surface area contributed by atoms with Crippen LogP contribution in [0, 0.1) is 5.82 Å². The van der Waals surface area contributed by atoms with Gasteiger partial charge in [0.2, 0.25) is 0 Å². The predicted octanol–water partition coefficient (Wildman–Crippen LogP) is 1.90. The summed E-state index contributed by atoms with van der Waals surface area (Å²) in [5.41, 5.74) is 7.17. The summed E-state index contributed by atoms with van der Waals surface area (Å²) in [5, 5.41) is 0. The number of ether oxygens (including phenoxy) is 1. The molecule has 2 rings (SSSR count). The second-order valence-electron chi connectivity index (χ2n) is 5.04. The first-order chi connectivity index (χ1) is 8.03. The molecule has 0 aliphatic carbocycles. The van der Waals surface area contributed by atoms with Crippen LogP contribution in [0.5, 0.6) is 0 Å². The van der Waals surface area contributed by atoms with Gasteiger partial charge in [-0.25, -0.2) is 4.39 Å². The molecule has 0 aromatic heterocycles. The molecule has 0 saturated carbocycles.